The number of methoxy groups -OCH3 is 1. The number of nitrogens with zero attached hydrogens (tertiary/aromatic N) is 1. The number of ether oxygens (including phenoxy) is 1. The first-order chi connectivity index (χ1) is 7.19. The predicted molar refractivity (Wildman–Crippen MR) is 62.0 cm³/mol. The molecule has 3 N–H and O–H groups in total. The minimum Gasteiger partial charge on any atom is -0.383 e. The summed E-state index contributed by atoms with van der Waals surface area (Å²) in [6, 6.07) is 1.85. The van der Waals surface area contributed by atoms with Gasteiger partial charge in [-0.25, -0.2) is 4.98 Å². The van der Waals surface area contributed by atoms with Gasteiger partial charge in [-0.15, -0.1) is 0 Å². The van der Waals surface area contributed by atoms with Crippen LogP contribution in [-0.2, 0) is 4.74 Å². The highest BCUT2D eigenvalue weighted by atomic mass is 35.5. The van der Waals surface area contributed by atoms with Gasteiger partial charge in [0.1, 0.15) is 5.82 Å². The maximum Gasteiger partial charge on any atom is 0.128 e. The monoisotopic (exact) mass is 229 g/mol. The van der Waals surface area contributed by atoms with Gasteiger partial charge in [0.2, 0.25) is 0 Å². The van der Waals surface area contributed by atoms with Crippen molar-refractivity contribution in [1.29, 1.82) is 0 Å². The third-order valence-electron chi connectivity index (χ3n) is 2.08. The van der Waals surface area contributed by atoms with E-state index in [4.69, 9.17) is 22.1 Å². The Labute approximate surface area is 94.8 Å². The fraction of sp³-hybridized carbons (Fsp3) is 0.500. The molecule has 1 aromatic heterocycles. The van der Waals surface area contributed by atoms with E-state index in [2.05, 4.69) is 10.3 Å². The first-order valence-corrected chi connectivity index (χ1v) is 5.20. The lowest BCUT2D eigenvalue weighted by atomic mass is 10.1. The second-order valence-corrected chi connectivity index (χ2v) is 3.63. The van der Waals surface area contributed by atoms with E-state index < -0.39 is 0 Å². The number of likely N-dealkylation sites (N-methyl/N-ethyl adjacent to an activating group) is 1. The highest BCUT2D eigenvalue weighted by molar-refractivity contribution is 6.30. The highest BCUT2D eigenvalue weighted by Crippen LogP contribution is 2.22. The number of nitrogen functional groups attached to an aromatic ring is 1. The molecule has 0 bridgehead atoms. The zero-order valence-electron chi connectivity index (χ0n) is 8.96. The smallest absolute Gasteiger partial charge is 0.128 e. The van der Waals surface area contributed by atoms with Gasteiger partial charge < -0.3 is 15.8 Å². The number of pyridine rings is 1. The van der Waals surface area contributed by atoms with E-state index in [0.29, 0.717) is 17.4 Å². The van der Waals surface area contributed by atoms with Crippen molar-refractivity contribution in [3.05, 3.63) is 22.8 Å². The van der Waals surface area contributed by atoms with Gasteiger partial charge >= 0.3 is 0 Å². The molecule has 5 heteroatoms. The number of nitrogens with two attached hydrogens (primary N) is 1. The van der Waals surface area contributed by atoms with Crippen molar-refractivity contribution >= 4 is 17.4 Å². The Morgan fingerprint density at radius 1 is 1.67 bits per heavy atom. The Morgan fingerprint density at radius 3 is 3.00 bits per heavy atom. The van der Waals surface area contributed by atoms with Crippen molar-refractivity contribution in [2.24, 2.45) is 0 Å². The molecule has 1 unspecified atom stereocenters. The topological polar surface area (TPSA) is 60.2 Å². The van der Waals surface area contributed by atoms with Crippen LogP contribution in [0.3, 0.4) is 0 Å². The third-order valence-corrected chi connectivity index (χ3v) is 2.28. The predicted octanol–water partition coefficient (Wildman–Crippen LogP) is 1.61. The Bertz CT molecular complexity index is 314. The summed E-state index contributed by atoms with van der Waals surface area (Å²) in [5, 5.41) is 3.85. The minimum atomic E-state index is 0.0335. The lowest BCUT2D eigenvalue weighted by Crippen LogP contribution is -2.26. The molecule has 0 amide bonds. The van der Waals surface area contributed by atoms with Crippen molar-refractivity contribution < 1.29 is 4.74 Å². The maximum absolute atomic E-state index is 5.87. The average molecular weight is 230 g/mol. The molecular formula is C10H16ClN3O. The fourth-order valence-corrected chi connectivity index (χ4v) is 1.58. The van der Waals surface area contributed by atoms with Crippen molar-refractivity contribution in [1.82, 2.24) is 10.3 Å². The van der Waals surface area contributed by atoms with Gasteiger partial charge in [0.25, 0.3) is 0 Å². The van der Waals surface area contributed by atoms with Gasteiger partial charge in [0.05, 0.1) is 17.7 Å². The molecule has 1 rings (SSSR count). The van der Waals surface area contributed by atoms with Gasteiger partial charge in [0.15, 0.2) is 0 Å². The number of hydrogen-bond acceptors (Lipinski definition) is 4. The molecule has 15 heavy (non-hydrogen) atoms. The summed E-state index contributed by atoms with van der Waals surface area (Å²) in [6.07, 6.45) is 1.54. The fourth-order valence-electron chi connectivity index (χ4n) is 1.42. The van der Waals surface area contributed by atoms with Crippen LogP contribution in [0, 0.1) is 0 Å². The quantitative estimate of drug-likeness (QED) is 0.806. The number of halogens is 1. The van der Waals surface area contributed by atoms with E-state index in [1.54, 1.807) is 7.11 Å². The second kappa shape index (κ2) is 5.90. The molecule has 1 heterocycles. The summed E-state index contributed by atoms with van der Waals surface area (Å²) >= 11 is 5.87. The maximum atomic E-state index is 5.87. The van der Waals surface area contributed by atoms with Crippen LogP contribution >= 0.6 is 11.6 Å². The largest absolute Gasteiger partial charge is 0.383 e. The molecule has 1 aromatic rings. The average Bonchev–Trinajstić information content (AvgIpc) is 2.21. The summed E-state index contributed by atoms with van der Waals surface area (Å²) in [6.45, 7) is 3.40. The first kappa shape index (κ1) is 12.2. The molecule has 0 saturated carbocycles. The number of aromatic nitrogens is 1. The molecule has 1 atom stereocenters. The number of hydrogen-bond donors (Lipinski definition) is 2. The summed E-state index contributed by atoms with van der Waals surface area (Å²) in [5.74, 6) is 0.488. The summed E-state index contributed by atoms with van der Waals surface area (Å²) in [7, 11) is 1.65. The number of rotatable bonds is 5. The Kier molecular flexibility index (Phi) is 4.81. The zero-order valence-corrected chi connectivity index (χ0v) is 9.71. The molecular weight excluding hydrogens is 214 g/mol. The van der Waals surface area contributed by atoms with Crippen LogP contribution in [-0.4, -0.2) is 25.2 Å². The number of nitrogens with one attached hydrogen (secondary N) is 1. The molecule has 0 aromatic carbocycles. The van der Waals surface area contributed by atoms with Crippen LogP contribution in [0.15, 0.2) is 12.3 Å². The standard InChI is InChI=1S/C10H16ClN3O/c1-3-13-9(6-15-2)8-4-7(11)5-14-10(8)12/h4-5,9,13H,3,6H2,1-2H3,(H2,12,14). The van der Waals surface area contributed by atoms with Gasteiger partial charge in [-0.1, -0.05) is 18.5 Å². The summed E-state index contributed by atoms with van der Waals surface area (Å²) in [5.41, 5.74) is 6.67. The van der Waals surface area contributed by atoms with E-state index in [0.717, 1.165) is 12.1 Å². The Morgan fingerprint density at radius 2 is 2.40 bits per heavy atom. The molecule has 0 spiro atoms. The van der Waals surface area contributed by atoms with Gasteiger partial charge in [0, 0.05) is 18.9 Å². The van der Waals surface area contributed by atoms with E-state index in [9.17, 15) is 0 Å². The Hall–Kier alpha value is -0.840. The molecule has 0 aliphatic rings. The summed E-state index contributed by atoms with van der Waals surface area (Å²) in [4.78, 5) is 4.01. The summed E-state index contributed by atoms with van der Waals surface area (Å²) < 4.78 is 5.12. The van der Waals surface area contributed by atoms with Crippen LogP contribution in [0.1, 0.15) is 18.5 Å². The molecule has 0 aliphatic carbocycles. The van der Waals surface area contributed by atoms with E-state index in [1.807, 2.05) is 13.0 Å². The lowest BCUT2D eigenvalue weighted by molar-refractivity contribution is 0.168. The molecule has 0 aliphatic heterocycles. The minimum absolute atomic E-state index is 0.0335. The number of anilines is 1. The third kappa shape index (κ3) is 3.34. The van der Waals surface area contributed by atoms with Crippen LogP contribution in [0.5, 0.6) is 0 Å². The van der Waals surface area contributed by atoms with Crippen LogP contribution in [0.25, 0.3) is 0 Å². The van der Waals surface area contributed by atoms with Crippen LogP contribution in [0.2, 0.25) is 5.02 Å². The molecule has 84 valence electrons. The van der Waals surface area contributed by atoms with Crippen molar-refractivity contribution in [3.63, 3.8) is 0 Å². The van der Waals surface area contributed by atoms with E-state index in [1.165, 1.54) is 6.20 Å². The van der Waals surface area contributed by atoms with E-state index >= 15 is 0 Å². The second-order valence-electron chi connectivity index (χ2n) is 3.19. The molecule has 0 fully saturated rings. The van der Waals surface area contributed by atoms with Crippen molar-refractivity contribution in [3.8, 4) is 0 Å². The highest BCUT2D eigenvalue weighted by Gasteiger charge is 2.14. The van der Waals surface area contributed by atoms with Crippen molar-refractivity contribution in [2.45, 2.75) is 13.0 Å². The van der Waals surface area contributed by atoms with Gasteiger partial charge in [-0.05, 0) is 12.6 Å². The Balaban J connectivity index is 2.93. The molecule has 4 nitrogen and oxygen atoms in total. The van der Waals surface area contributed by atoms with Crippen LogP contribution in [0.4, 0.5) is 5.82 Å². The first-order valence-electron chi connectivity index (χ1n) is 4.82. The van der Waals surface area contributed by atoms with Gasteiger partial charge in [-0.2, -0.15) is 0 Å². The normalized spacial score (nSPS) is 12.7. The zero-order chi connectivity index (χ0) is 11.3. The van der Waals surface area contributed by atoms with Gasteiger partial charge in [-0.3, -0.25) is 0 Å². The molecule has 0 radical (unpaired) electrons. The SMILES string of the molecule is CCNC(COC)c1cc(Cl)cnc1N. The van der Waals surface area contributed by atoms with Crippen molar-refractivity contribution in [2.75, 3.05) is 26.0 Å². The lowest BCUT2D eigenvalue weighted by Gasteiger charge is -2.18. The van der Waals surface area contributed by atoms with E-state index in [-0.39, 0.29) is 6.04 Å². The van der Waals surface area contributed by atoms with Crippen LogP contribution < -0.4 is 11.1 Å². The molecule has 0 saturated heterocycles.